The number of aryl methyl sites for hydroxylation is 2. The van der Waals surface area contributed by atoms with Crippen LogP contribution in [0.1, 0.15) is 31.1 Å². The summed E-state index contributed by atoms with van der Waals surface area (Å²) in [6.07, 6.45) is 2.06. The third kappa shape index (κ3) is 3.32. The van der Waals surface area contributed by atoms with E-state index in [1.54, 1.807) is 0 Å². The Kier molecular flexibility index (Phi) is 4.78. The molecular weight excluding hydrogens is 190 g/mol. The van der Waals surface area contributed by atoms with Gasteiger partial charge in [-0.1, -0.05) is 6.92 Å². The van der Waals surface area contributed by atoms with Crippen molar-refractivity contribution in [3.63, 3.8) is 0 Å². The minimum Gasteiger partial charge on any atom is -0.380 e. The fourth-order valence-corrected chi connectivity index (χ4v) is 1.70. The molecule has 0 saturated heterocycles. The highest BCUT2D eigenvalue weighted by atomic mass is 16.5. The van der Waals surface area contributed by atoms with Crippen molar-refractivity contribution in [1.29, 1.82) is 0 Å². The average molecular weight is 211 g/mol. The van der Waals surface area contributed by atoms with E-state index in [0.717, 1.165) is 18.8 Å². The van der Waals surface area contributed by atoms with Crippen molar-refractivity contribution < 1.29 is 4.74 Å². The first-order chi connectivity index (χ1) is 7.19. The van der Waals surface area contributed by atoms with Crippen molar-refractivity contribution in [2.45, 2.75) is 26.8 Å². The standard InChI is InChI=1S/C11H21N3O/c1-5-12-11(8-15-6-2)10-7-14(4)13-9(10)3/h7,11-12H,5-6,8H2,1-4H3. The van der Waals surface area contributed by atoms with Gasteiger partial charge in [-0.3, -0.25) is 4.68 Å². The van der Waals surface area contributed by atoms with Gasteiger partial charge >= 0.3 is 0 Å². The molecule has 0 aliphatic rings. The van der Waals surface area contributed by atoms with Crippen molar-refractivity contribution in [2.24, 2.45) is 7.05 Å². The molecule has 1 unspecified atom stereocenters. The van der Waals surface area contributed by atoms with E-state index in [9.17, 15) is 0 Å². The van der Waals surface area contributed by atoms with Crippen molar-refractivity contribution in [3.05, 3.63) is 17.5 Å². The zero-order valence-electron chi connectivity index (χ0n) is 10.1. The summed E-state index contributed by atoms with van der Waals surface area (Å²) >= 11 is 0. The third-order valence-corrected chi connectivity index (χ3v) is 2.37. The zero-order valence-corrected chi connectivity index (χ0v) is 10.1. The van der Waals surface area contributed by atoms with Gasteiger partial charge in [0, 0.05) is 25.4 Å². The summed E-state index contributed by atoms with van der Waals surface area (Å²) in [5, 5.41) is 7.75. The number of rotatable bonds is 6. The SMILES string of the molecule is CCNC(COCC)c1cn(C)nc1C. The molecule has 0 aliphatic heterocycles. The molecule has 4 heteroatoms. The van der Waals surface area contributed by atoms with E-state index >= 15 is 0 Å². The van der Waals surface area contributed by atoms with Crippen molar-refractivity contribution in [2.75, 3.05) is 19.8 Å². The summed E-state index contributed by atoms with van der Waals surface area (Å²) in [6, 6.07) is 0.253. The van der Waals surface area contributed by atoms with Gasteiger partial charge in [0.15, 0.2) is 0 Å². The van der Waals surface area contributed by atoms with Gasteiger partial charge in [0.1, 0.15) is 0 Å². The lowest BCUT2D eigenvalue weighted by atomic mass is 10.1. The minimum absolute atomic E-state index is 0.253. The number of likely N-dealkylation sites (N-methyl/N-ethyl adjacent to an activating group) is 1. The van der Waals surface area contributed by atoms with Gasteiger partial charge < -0.3 is 10.1 Å². The van der Waals surface area contributed by atoms with Crippen LogP contribution in [0.15, 0.2) is 6.20 Å². The normalized spacial score (nSPS) is 13.1. The Morgan fingerprint density at radius 1 is 1.53 bits per heavy atom. The first-order valence-electron chi connectivity index (χ1n) is 5.50. The molecule has 15 heavy (non-hydrogen) atoms. The number of hydrogen-bond acceptors (Lipinski definition) is 3. The van der Waals surface area contributed by atoms with Crippen LogP contribution >= 0.6 is 0 Å². The lowest BCUT2D eigenvalue weighted by Crippen LogP contribution is -2.25. The monoisotopic (exact) mass is 211 g/mol. The van der Waals surface area contributed by atoms with Gasteiger partial charge in [0.25, 0.3) is 0 Å². The average Bonchev–Trinajstić information content (AvgIpc) is 2.52. The Hall–Kier alpha value is -0.870. The van der Waals surface area contributed by atoms with Crippen LogP contribution in [0.25, 0.3) is 0 Å². The van der Waals surface area contributed by atoms with Gasteiger partial charge in [-0.15, -0.1) is 0 Å². The zero-order chi connectivity index (χ0) is 11.3. The maximum Gasteiger partial charge on any atom is 0.0662 e. The molecule has 1 rings (SSSR count). The molecule has 1 N–H and O–H groups in total. The fraction of sp³-hybridized carbons (Fsp3) is 0.727. The summed E-state index contributed by atoms with van der Waals surface area (Å²) in [4.78, 5) is 0. The maximum atomic E-state index is 5.47. The summed E-state index contributed by atoms with van der Waals surface area (Å²) in [6.45, 7) is 8.54. The Morgan fingerprint density at radius 3 is 2.73 bits per heavy atom. The second-order valence-corrected chi connectivity index (χ2v) is 3.61. The van der Waals surface area contributed by atoms with E-state index in [4.69, 9.17) is 4.74 Å². The Labute approximate surface area is 91.6 Å². The smallest absolute Gasteiger partial charge is 0.0662 e. The molecule has 1 heterocycles. The van der Waals surface area contributed by atoms with E-state index in [1.165, 1.54) is 5.56 Å². The second kappa shape index (κ2) is 5.88. The number of nitrogens with zero attached hydrogens (tertiary/aromatic N) is 2. The largest absolute Gasteiger partial charge is 0.380 e. The van der Waals surface area contributed by atoms with Crippen LogP contribution in [-0.4, -0.2) is 29.5 Å². The molecule has 1 aromatic heterocycles. The molecule has 1 aromatic rings. The van der Waals surface area contributed by atoms with Crippen molar-refractivity contribution in [1.82, 2.24) is 15.1 Å². The van der Waals surface area contributed by atoms with E-state index in [1.807, 2.05) is 25.6 Å². The van der Waals surface area contributed by atoms with Crippen LogP contribution in [0.5, 0.6) is 0 Å². The molecule has 0 aromatic carbocycles. The Bertz CT molecular complexity index is 296. The number of ether oxygens (including phenoxy) is 1. The molecule has 0 radical (unpaired) electrons. The molecule has 4 nitrogen and oxygen atoms in total. The minimum atomic E-state index is 0.253. The number of aromatic nitrogens is 2. The Balaban J connectivity index is 2.73. The van der Waals surface area contributed by atoms with Crippen molar-refractivity contribution >= 4 is 0 Å². The predicted molar refractivity (Wildman–Crippen MR) is 60.9 cm³/mol. The molecule has 0 aliphatic carbocycles. The van der Waals surface area contributed by atoms with Crippen LogP contribution in [0.3, 0.4) is 0 Å². The third-order valence-electron chi connectivity index (χ3n) is 2.37. The summed E-state index contributed by atoms with van der Waals surface area (Å²) in [5.74, 6) is 0. The fourth-order valence-electron chi connectivity index (χ4n) is 1.70. The van der Waals surface area contributed by atoms with Gasteiger partial charge in [-0.2, -0.15) is 5.10 Å². The molecule has 0 bridgehead atoms. The topological polar surface area (TPSA) is 39.1 Å². The lowest BCUT2D eigenvalue weighted by molar-refractivity contribution is 0.123. The van der Waals surface area contributed by atoms with Crippen LogP contribution in [0.4, 0.5) is 0 Å². The maximum absolute atomic E-state index is 5.47. The van der Waals surface area contributed by atoms with E-state index < -0.39 is 0 Å². The Morgan fingerprint density at radius 2 is 2.27 bits per heavy atom. The van der Waals surface area contributed by atoms with Gasteiger partial charge in [0.2, 0.25) is 0 Å². The summed E-state index contributed by atoms with van der Waals surface area (Å²) in [7, 11) is 1.94. The quantitative estimate of drug-likeness (QED) is 0.773. The molecule has 86 valence electrons. The molecule has 0 amide bonds. The van der Waals surface area contributed by atoms with Gasteiger partial charge in [-0.25, -0.2) is 0 Å². The number of nitrogens with one attached hydrogen (secondary N) is 1. The highest BCUT2D eigenvalue weighted by molar-refractivity contribution is 5.20. The molecule has 1 atom stereocenters. The van der Waals surface area contributed by atoms with Gasteiger partial charge in [-0.05, 0) is 20.4 Å². The number of hydrogen-bond donors (Lipinski definition) is 1. The van der Waals surface area contributed by atoms with Crippen LogP contribution < -0.4 is 5.32 Å². The van der Waals surface area contributed by atoms with Gasteiger partial charge in [0.05, 0.1) is 18.3 Å². The van der Waals surface area contributed by atoms with E-state index in [0.29, 0.717) is 6.61 Å². The first kappa shape index (κ1) is 12.2. The highest BCUT2D eigenvalue weighted by Gasteiger charge is 2.15. The second-order valence-electron chi connectivity index (χ2n) is 3.61. The van der Waals surface area contributed by atoms with Crippen LogP contribution in [0.2, 0.25) is 0 Å². The van der Waals surface area contributed by atoms with Crippen molar-refractivity contribution in [3.8, 4) is 0 Å². The summed E-state index contributed by atoms with van der Waals surface area (Å²) in [5.41, 5.74) is 2.30. The van der Waals surface area contributed by atoms with E-state index in [2.05, 4.69) is 23.5 Å². The van der Waals surface area contributed by atoms with Crippen LogP contribution in [-0.2, 0) is 11.8 Å². The van der Waals surface area contributed by atoms with E-state index in [-0.39, 0.29) is 6.04 Å². The first-order valence-corrected chi connectivity index (χ1v) is 5.50. The highest BCUT2D eigenvalue weighted by Crippen LogP contribution is 2.16. The van der Waals surface area contributed by atoms with Crippen LogP contribution in [0, 0.1) is 6.92 Å². The molecule has 0 fully saturated rings. The lowest BCUT2D eigenvalue weighted by Gasteiger charge is -2.16. The molecular formula is C11H21N3O. The summed E-state index contributed by atoms with van der Waals surface area (Å²) < 4.78 is 7.32. The molecule has 0 spiro atoms. The predicted octanol–water partition coefficient (Wildman–Crippen LogP) is 1.42. The molecule has 0 saturated carbocycles.